The number of carbonyl (C=O) groups is 2. The van der Waals surface area contributed by atoms with Gasteiger partial charge < -0.3 is 41.1 Å². The number of unbranched alkanes of at least 4 members (excludes halogenated alkanes) is 24. The minimum absolute atomic E-state index is 0.0319. The smallest absolute Gasteiger partial charge is 0.394 e. The van der Waals surface area contributed by atoms with E-state index in [2.05, 4.69) is 29.8 Å². The van der Waals surface area contributed by atoms with Gasteiger partial charge in [0.15, 0.2) is 0 Å². The van der Waals surface area contributed by atoms with Gasteiger partial charge in [0.1, 0.15) is 0 Å². The Morgan fingerprint density at radius 3 is 0.845 bits per heavy atom. The lowest BCUT2D eigenvalue weighted by Crippen LogP contribution is -2.10. The Morgan fingerprint density at radius 1 is 0.448 bits per heavy atom. The van der Waals surface area contributed by atoms with Gasteiger partial charge in [-0.05, 0) is 40.9 Å². The average Bonchev–Trinajstić information content (AvgIpc) is 3.17. The van der Waals surface area contributed by atoms with Crippen LogP contribution < -0.4 is 16.0 Å². The number of nitrogens with one attached hydrogen (secondary N) is 3. The molecule has 356 valence electrons. The van der Waals surface area contributed by atoms with Crippen molar-refractivity contribution in [3.8, 4) is 0 Å². The molecule has 9 N–H and O–H groups in total. The van der Waals surface area contributed by atoms with Crippen LogP contribution in [0.25, 0.3) is 0 Å². The van der Waals surface area contributed by atoms with Crippen molar-refractivity contribution in [2.24, 2.45) is 0 Å². The Hall–Kier alpha value is -1.43. The number of aliphatic carboxylic acids is 1. The molecule has 0 atom stereocenters. The molecule has 0 fully saturated rings. The molecule has 0 aliphatic carbocycles. The van der Waals surface area contributed by atoms with Crippen molar-refractivity contribution >= 4 is 22.3 Å². The predicted molar refractivity (Wildman–Crippen MR) is 242 cm³/mol. The van der Waals surface area contributed by atoms with Crippen molar-refractivity contribution in [3.05, 3.63) is 0 Å². The molecule has 0 aliphatic rings. The Bertz CT molecular complexity index is 799. The highest BCUT2D eigenvalue weighted by Gasteiger charge is 2.01. The lowest BCUT2D eigenvalue weighted by molar-refractivity contribution is -0.143. The number of hydrogen-bond acceptors (Lipinski definition) is 11. The minimum Gasteiger partial charge on any atom is -0.481 e. The normalized spacial score (nSPS) is 10.2. The van der Waals surface area contributed by atoms with E-state index in [-0.39, 0.29) is 25.8 Å². The van der Waals surface area contributed by atoms with Gasteiger partial charge in [0.05, 0.1) is 26.4 Å². The Balaban J connectivity index is -0.000000159. The predicted octanol–water partition coefficient (Wildman–Crippen LogP) is 8.52. The first-order valence-electron chi connectivity index (χ1n) is 22.7. The molecule has 0 saturated carbocycles. The number of esters is 1. The molecule has 0 spiro atoms. The Labute approximate surface area is 357 Å². The number of hydrogen-bond donors (Lipinski definition) is 9. The van der Waals surface area contributed by atoms with Gasteiger partial charge in [-0.25, -0.2) is 0 Å². The minimum atomic E-state index is -4.67. The fourth-order valence-electron chi connectivity index (χ4n) is 5.15. The second kappa shape index (κ2) is 67.3. The van der Waals surface area contributed by atoms with Crippen LogP contribution in [0.1, 0.15) is 201 Å². The van der Waals surface area contributed by atoms with Crippen LogP contribution in [0.4, 0.5) is 0 Å². The van der Waals surface area contributed by atoms with Crippen molar-refractivity contribution in [3.63, 3.8) is 0 Å². The molecule has 0 aromatic rings. The van der Waals surface area contributed by atoms with Gasteiger partial charge in [-0.15, -0.1) is 0 Å². The maximum absolute atomic E-state index is 11.1. The molecule has 15 heteroatoms. The number of ether oxygens (including phenoxy) is 1. The van der Waals surface area contributed by atoms with Crippen LogP contribution in [0.3, 0.4) is 0 Å². The number of carboxylic acid groups (broad SMARTS) is 1. The van der Waals surface area contributed by atoms with E-state index < -0.39 is 16.4 Å². The molecule has 0 unspecified atom stereocenters. The third-order valence-corrected chi connectivity index (χ3v) is 8.37. The van der Waals surface area contributed by atoms with E-state index in [0.717, 1.165) is 19.3 Å². The van der Waals surface area contributed by atoms with Crippen LogP contribution in [0, 0.1) is 0 Å². The first-order valence-corrected chi connectivity index (χ1v) is 24.1. The third kappa shape index (κ3) is 111. The molecule has 0 radical (unpaired) electrons. The number of aliphatic hydroxyl groups is 3. The number of carbonyl (C=O) groups excluding carboxylic acids is 1. The van der Waals surface area contributed by atoms with Crippen molar-refractivity contribution in [1.29, 1.82) is 0 Å². The van der Waals surface area contributed by atoms with E-state index in [1.54, 1.807) is 21.1 Å². The summed E-state index contributed by atoms with van der Waals surface area (Å²) in [7, 11) is 0.739. The zero-order valence-electron chi connectivity index (χ0n) is 38.4. The van der Waals surface area contributed by atoms with E-state index in [1.165, 1.54) is 148 Å². The number of likely N-dealkylation sites (N-methyl/N-ethyl adjacent to an activating group) is 3. The zero-order valence-corrected chi connectivity index (χ0v) is 39.2. The summed E-state index contributed by atoms with van der Waals surface area (Å²) in [6.07, 6.45) is 35.3. The van der Waals surface area contributed by atoms with Crippen molar-refractivity contribution < 1.29 is 52.3 Å². The summed E-state index contributed by atoms with van der Waals surface area (Å²) in [5, 5.41) is 40.8. The maximum Gasteiger partial charge on any atom is 0.394 e. The van der Waals surface area contributed by atoms with Gasteiger partial charge in [0.2, 0.25) is 0 Å². The summed E-state index contributed by atoms with van der Waals surface area (Å²) in [4.78, 5) is 21.4. The van der Waals surface area contributed by atoms with Crippen LogP contribution in [-0.2, 0) is 24.7 Å². The summed E-state index contributed by atoms with van der Waals surface area (Å²) < 4.78 is 36.5. The zero-order chi connectivity index (χ0) is 45.2. The van der Waals surface area contributed by atoms with E-state index in [9.17, 15) is 9.59 Å². The molecule has 0 amide bonds. The van der Waals surface area contributed by atoms with E-state index in [1.807, 2.05) is 6.92 Å². The number of aliphatic hydroxyl groups excluding tert-OH is 3. The monoisotopic (exact) mass is 864 g/mol. The number of rotatable bonds is 35. The summed E-state index contributed by atoms with van der Waals surface area (Å²) in [6.45, 7) is 9.69. The largest absolute Gasteiger partial charge is 0.481 e. The van der Waals surface area contributed by atoms with Crippen molar-refractivity contribution in [2.75, 3.05) is 67.2 Å². The molecule has 0 saturated heterocycles. The molecular weight excluding hydrogens is 767 g/mol. The fraction of sp³-hybridized carbons (Fsp3) is 0.953. The molecule has 0 aromatic carbocycles. The van der Waals surface area contributed by atoms with Gasteiger partial charge in [0, 0.05) is 32.5 Å². The molecule has 0 rings (SSSR count). The van der Waals surface area contributed by atoms with E-state index >= 15 is 0 Å². The molecule has 0 aliphatic heterocycles. The average molecular weight is 864 g/mol. The van der Waals surface area contributed by atoms with E-state index in [0.29, 0.717) is 39.1 Å². The second-order valence-corrected chi connectivity index (χ2v) is 15.0. The molecule has 0 heterocycles. The second-order valence-electron chi connectivity index (χ2n) is 14.1. The summed E-state index contributed by atoms with van der Waals surface area (Å²) in [5.41, 5.74) is 0. The highest BCUT2D eigenvalue weighted by Crippen LogP contribution is 2.14. The Kier molecular flexibility index (Phi) is 79.3. The lowest BCUT2D eigenvalue weighted by atomic mass is 10.0. The van der Waals surface area contributed by atoms with Gasteiger partial charge in [-0.3, -0.25) is 18.7 Å². The number of carboxylic acids is 1. The highest BCUT2D eigenvalue weighted by molar-refractivity contribution is 7.79. The molecule has 58 heavy (non-hydrogen) atoms. The first kappa shape index (κ1) is 68.3. The quantitative estimate of drug-likeness (QED) is 0.0165. The van der Waals surface area contributed by atoms with Gasteiger partial charge in [-0.2, -0.15) is 8.42 Å². The van der Waals surface area contributed by atoms with Gasteiger partial charge >= 0.3 is 22.3 Å². The summed E-state index contributed by atoms with van der Waals surface area (Å²) >= 11 is 0. The molecule has 0 aromatic heterocycles. The van der Waals surface area contributed by atoms with Gasteiger partial charge in [0.25, 0.3) is 0 Å². The molecule has 14 nitrogen and oxygen atoms in total. The summed E-state index contributed by atoms with van der Waals surface area (Å²) in [6, 6.07) is 0. The summed E-state index contributed by atoms with van der Waals surface area (Å²) in [5.74, 6) is -0.686. The molecule has 0 bridgehead atoms. The van der Waals surface area contributed by atoms with Crippen molar-refractivity contribution in [2.45, 2.75) is 201 Å². The van der Waals surface area contributed by atoms with E-state index in [4.69, 9.17) is 42.7 Å². The maximum atomic E-state index is 11.1. The fourth-order valence-corrected chi connectivity index (χ4v) is 5.15. The van der Waals surface area contributed by atoms with Crippen LogP contribution >= 0.6 is 0 Å². The standard InChI is InChI=1S/C18H36O2.C16H32O2.3C3H9NO.H2O4S/c1-3-5-6-7-8-9-10-11-12-13-14-15-16-17-18(19)20-4-2;1-2-3-4-5-6-7-8-9-10-11-12-13-14-15-16(17)18;3*1-4-2-3-5;1-5(2,3)4/h3-17H2,1-2H3;2-15H2,1H3,(H,17,18);3*4-5H,2-3H2,1H3;(H2,1,2,3,4). The molecular formula is C43H97N3O11S. The third-order valence-electron chi connectivity index (χ3n) is 8.37. The SMILES string of the molecule is CCCCCCCCCCCCCCCC(=O)O.CCCCCCCCCCCCCCCC(=O)OCC.CNCCO.CNCCO.CNCCO.O=S(=O)(O)O. The topological polar surface area (TPSA) is 235 Å². The highest BCUT2D eigenvalue weighted by atomic mass is 32.3. The Morgan fingerprint density at radius 2 is 0.672 bits per heavy atom. The van der Waals surface area contributed by atoms with Crippen LogP contribution in [0.5, 0.6) is 0 Å². The van der Waals surface area contributed by atoms with Crippen LogP contribution in [0.15, 0.2) is 0 Å². The van der Waals surface area contributed by atoms with Crippen LogP contribution in [-0.4, -0.2) is 117 Å². The van der Waals surface area contributed by atoms with Crippen molar-refractivity contribution in [1.82, 2.24) is 16.0 Å². The first-order chi connectivity index (χ1) is 27.8. The van der Waals surface area contributed by atoms with Gasteiger partial charge in [-0.1, -0.05) is 168 Å². The van der Waals surface area contributed by atoms with Crippen LogP contribution in [0.2, 0.25) is 0 Å². The lowest BCUT2D eigenvalue weighted by Gasteiger charge is -2.03.